The van der Waals surface area contributed by atoms with Gasteiger partial charge in [-0.05, 0) is 38.4 Å². The molecule has 1 amide bonds. The van der Waals surface area contributed by atoms with Crippen molar-refractivity contribution >= 4 is 5.91 Å². The first-order valence-electron chi connectivity index (χ1n) is 9.47. The Hall–Kier alpha value is -3.05. The largest absolute Gasteiger partial charge is 0.457 e. The third-order valence-electron chi connectivity index (χ3n) is 5.36. The highest BCUT2D eigenvalue weighted by Crippen LogP contribution is 2.43. The molecule has 0 unspecified atom stereocenters. The van der Waals surface area contributed by atoms with Crippen molar-refractivity contribution in [3.05, 3.63) is 83.7 Å². The van der Waals surface area contributed by atoms with Crippen molar-refractivity contribution in [3.63, 3.8) is 0 Å². The van der Waals surface area contributed by atoms with Gasteiger partial charge in [0, 0.05) is 36.6 Å². The molecular formula is C23H25N3O2. The quantitative estimate of drug-likeness (QED) is 0.740. The summed E-state index contributed by atoms with van der Waals surface area (Å²) in [5.41, 5.74) is 2.97. The molecule has 1 aromatic heterocycles. The number of hydrogen-bond donors (Lipinski definition) is 1. The Labute approximate surface area is 165 Å². The first-order chi connectivity index (χ1) is 13.6. The van der Waals surface area contributed by atoms with Gasteiger partial charge in [-0.1, -0.05) is 36.4 Å². The lowest BCUT2D eigenvalue weighted by atomic mass is 9.87. The van der Waals surface area contributed by atoms with E-state index >= 15 is 0 Å². The molecule has 0 aliphatic carbocycles. The highest BCUT2D eigenvalue weighted by Gasteiger charge is 2.32. The van der Waals surface area contributed by atoms with Gasteiger partial charge in [-0.25, -0.2) is 0 Å². The standard InChI is InChI=1S/C23H25N3O2/c1-25(2)19(18-11-8-14-26(18)3)15-24-23(27)22-16-9-4-6-12-20(16)28-21-13-7-5-10-17(21)22/h4-14,19,22H,15H2,1-3H3,(H,24,27)/t19-/m1/s1. The lowest BCUT2D eigenvalue weighted by molar-refractivity contribution is -0.122. The fourth-order valence-corrected chi connectivity index (χ4v) is 3.86. The van der Waals surface area contributed by atoms with Crippen LogP contribution in [-0.4, -0.2) is 36.0 Å². The average Bonchev–Trinajstić information content (AvgIpc) is 3.11. The molecule has 5 heteroatoms. The molecular weight excluding hydrogens is 350 g/mol. The number of aryl methyl sites for hydroxylation is 1. The summed E-state index contributed by atoms with van der Waals surface area (Å²) in [6.45, 7) is 0.533. The fraction of sp³-hybridized carbons (Fsp3) is 0.261. The minimum absolute atomic E-state index is 0.00995. The number of likely N-dealkylation sites (N-methyl/N-ethyl adjacent to an activating group) is 1. The smallest absolute Gasteiger partial charge is 0.232 e. The van der Waals surface area contributed by atoms with Gasteiger partial charge < -0.3 is 14.6 Å². The SMILES string of the molecule is CN(C)[C@H](CNC(=O)C1c2ccccc2Oc2ccccc21)c1cccn1C. The number of carbonyl (C=O) groups is 1. The lowest BCUT2D eigenvalue weighted by Crippen LogP contribution is -2.38. The van der Waals surface area contributed by atoms with Gasteiger partial charge in [0.1, 0.15) is 11.5 Å². The van der Waals surface area contributed by atoms with Crippen molar-refractivity contribution in [2.45, 2.75) is 12.0 Å². The number of nitrogens with zero attached hydrogens (tertiary/aromatic N) is 2. The summed E-state index contributed by atoms with van der Waals surface area (Å²) in [6.07, 6.45) is 2.03. The van der Waals surface area contributed by atoms with E-state index in [0.717, 1.165) is 28.3 Å². The van der Waals surface area contributed by atoms with Crippen LogP contribution in [0.15, 0.2) is 66.9 Å². The monoisotopic (exact) mass is 375 g/mol. The molecule has 1 atom stereocenters. The van der Waals surface area contributed by atoms with Gasteiger partial charge in [-0.2, -0.15) is 0 Å². The number of fused-ring (bicyclic) bond motifs is 2. The van der Waals surface area contributed by atoms with Crippen LogP contribution < -0.4 is 10.1 Å². The Morgan fingerprint density at radius 2 is 1.64 bits per heavy atom. The maximum absolute atomic E-state index is 13.3. The summed E-state index contributed by atoms with van der Waals surface area (Å²) in [4.78, 5) is 15.4. The first kappa shape index (κ1) is 18.3. The van der Waals surface area contributed by atoms with Gasteiger partial charge in [0.15, 0.2) is 0 Å². The zero-order valence-corrected chi connectivity index (χ0v) is 16.4. The topological polar surface area (TPSA) is 46.5 Å². The molecule has 0 radical (unpaired) electrons. The molecule has 144 valence electrons. The number of benzene rings is 2. The maximum atomic E-state index is 13.3. The van der Waals surface area contributed by atoms with E-state index in [4.69, 9.17) is 4.74 Å². The van der Waals surface area contributed by atoms with Gasteiger partial charge in [0.25, 0.3) is 0 Å². The molecule has 28 heavy (non-hydrogen) atoms. The number of amides is 1. The number of para-hydroxylation sites is 2. The van der Waals surface area contributed by atoms with E-state index in [9.17, 15) is 4.79 Å². The molecule has 0 spiro atoms. The van der Waals surface area contributed by atoms with E-state index in [1.54, 1.807) is 0 Å². The summed E-state index contributed by atoms with van der Waals surface area (Å²) in [6, 6.07) is 19.7. The molecule has 0 saturated carbocycles. The highest BCUT2D eigenvalue weighted by atomic mass is 16.5. The van der Waals surface area contributed by atoms with Crippen molar-refractivity contribution in [3.8, 4) is 11.5 Å². The molecule has 1 aliphatic heterocycles. The Morgan fingerprint density at radius 3 is 2.18 bits per heavy atom. The van der Waals surface area contributed by atoms with Crippen molar-refractivity contribution in [2.75, 3.05) is 20.6 Å². The van der Waals surface area contributed by atoms with E-state index in [1.165, 1.54) is 0 Å². The molecule has 3 aromatic rings. The van der Waals surface area contributed by atoms with Crippen LogP contribution in [0.5, 0.6) is 11.5 Å². The minimum Gasteiger partial charge on any atom is -0.457 e. The first-order valence-corrected chi connectivity index (χ1v) is 9.47. The third-order valence-corrected chi connectivity index (χ3v) is 5.36. The zero-order valence-electron chi connectivity index (χ0n) is 16.4. The van der Waals surface area contributed by atoms with Crippen LogP contribution in [0.25, 0.3) is 0 Å². The molecule has 1 N–H and O–H groups in total. The molecule has 4 rings (SSSR count). The second kappa shape index (κ2) is 7.52. The highest BCUT2D eigenvalue weighted by molar-refractivity contribution is 5.89. The molecule has 0 fully saturated rings. The second-order valence-electron chi connectivity index (χ2n) is 7.38. The Balaban J connectivity index is 1.61. The number of carbonyl (C=O) groups excluding carboxylic acids is 1. The number of rotatable bonds is 5. The number of hydrogen-bond acceptors (Lipinski definition) is 3. The normalized spacial score (nSPS) is 14.1. The van der Waals surface area contributed by atoms with Crippen molar-refractivity contribution < 1.29 is 9.53 Å². The van der Waals surface area contributed by atoms with Crippen LogP contribution >= 0.6 is 0 Å². The van der Waals surface area contributed by atoms with Crippen molar-refractivity contribution in [1.82, 2.24) is 14.8 Å². The summed E-state index contributed by atoms with van der Waals surface area (Å²) >= 11 is 0. The Kier molecular flexibility index (Phi) is 4.92. The number of nitrogens with one attached hydrogen (secondary N) is 1. The van der Waals surface area contributed by atoms with E-state index in [1.807, 2.05) is 81.9 Å². The third kappa shape index (κ3) is 3.29. The summed E-state index contributed by atoms with van der Waals surface area (Å²) < 4.78 is 8.10. The van der Waals surface area contributed by atoms with E-state index in [2.05, 4.69) is 20.9 Å². The molecule has 5 nitrogen and oxygen atoms in total. The molecule has 1 aliphatic rings. The van der Waals surface area contributed by atoms with Gasteiger partial charge in [-0.3, -0.25) is 9.69 Å². The van der Waals surface area contributed by atoms with Crippen LogP contribution in [0.3, 0.4) is 0 Å². The van der Waals surface area contributed by atoms with Crippen molar-refractivity contribution in [1.29, 1.82) is 0 Å². The number of aromatic nitrogens is 1. The molecule has 2 aromatic carbocycles. The molecule has 0 bridgehead atoms. The van der Waals surface area contributed by atoms with Crippen LogP contribution in [0, 0.1) is 0 Å². The van der Waals surface area contributed by atoms with Crippen LogP contribution in [0.1, 0.15) is 28.8 Å². The number of ether oxygens (including phenoxy) is 1. The minimum atomic E-state index is -0.377. The fourth-order valence-electron chi connectivity index (χ4n) is 3.86. The predicted octanol–water partition coefficient (Wildman–Crippen LogP) is 3.68. The summed E-state index contributed by atoms with van der Waals surface area (Å²) in [5, 5.41) is 3.18. The Morgan fingerprint density at radius 1 is 1.04 bits per heavy atom. The van der Waals surface area contributed by atoms with Crippen LogP contribution in [0.2, 0.25) is 0 Å². The van der Waals surface area contributed by atoms with Gasteiger partial charge >= 0.3 is 0 Å². The lowest BCUT2D eigenvalue weighted by Gasteiger charge is -2.29. The summed E-state index contributed by atoms with van der Waals surface area (Å²) in [7, 11) is 6.09. The van der Waals surface area contributed by atoms with E-state index in [-0.39, 0.29) is 17.9 Å². The summed E-state index contributed by atoms with van der Waals surface area (Å²) in [5.74, 6) is 1.10. The van der Waals surface area contributed by atoms with E-state index in [0.29, 0.717) is 6.54 Å². The maximum Gasteiger partial charge on any atom is 0.232 e. The average molecular weight is 375 g/mol. The van der Waals surface area contributed by atoms with E-state index < -0.39 is 0 Å². The van der Waals surface area contributed by atoms with Crippen LogP contribution in [0.4, 0.5) is 0 Å². The van der Waals surface area contributed by atoms with Crippen LogP contribution in [-0.2, 0) is 11.8 Å². The zero-order chi connectivity index (χ0) is 19.7. The van der Waals surface area contributed by atoms with Gasteiger partial charge in [-0.15, -0.1) is 0 Å². The molecule has 2 heterocycles. The second-order valence-corrected chi connectivity index (χ2v) is 7.38. The van der Waals surface area contributed by atoms with Gasteiger partial charge in [0.05, 0.1) is 12.0 Å². The predicted molar refractivity (Wildman–Crippen MR) is 110 cm³/mol. The Bertz CT molecular complexity index is 947. The molecule has 0 saturated heterocycles. The van der Waals surface area contributed by atoms with Crippen molar-refractivity contribution in [2.24, 2.45) is 7.05 Å². The van der Waals surface area contributed by atoms with Gasteiger partial charge in [0.2, 0.25) is 5.91 Å².